The van der Waals surface area contributed by atoms with Gasteiger partial charge in [0.25, 0.3) is 0 Å². The van der Waals surface area contributed by atoms with Crippen molar-refractivity contribution < 1.29 is 14.2 Å². The van der Waals surface area contributed by atoms with Crippen LogP contribution < -0.4 is 4.74 Å². The Hall–Kier alpha value is -1.10. The predicted molar refractivity (Wildman–Crippen MR) is 76.2 cm³/mol. The summed E-state index contributed by atoms with van der Waals surface area (Å²) in [4.78, 5) is 0. The fourth-order valence-corrected chi connectivity index (χ4v) is 2.50. The summed E-state index contributed by atoms with van der Waals surface area (Å²) in [5.41, 5.74) is 0.681. The van der Waals surface area contributed by atoms with Crippen molar-refractivity contribution in [3.05, 3.63) is 62.8 Å². The van der Waals surface area contributed by atoms with Crippen LogP contribution in [0.3, 0.4) is 0 Å². The van der Waals surface area contributed by atoms with E-state index in [1.165, 1.54) is 18.2 Å². The molecule has 0 bridgehead atoms. The topological polar surface area (TPSA) is 29.5 Å². The van der Waals surface area contributed by atoms with E-state index < -0.39 is 11.9 Å². The van der Waals surface area contributed by atoms with Gasteiger partial charge in [-0.1, -0.05) is 33.6 Å². The third kappa shape index (κ3) is 3.08. The minimum Gasteiger partial charge on any atom is -0.497 e. The van der Waals surface area contributed by atoms with E-state index in [2.05, 4.69) is 15.9 Å². The summed E-state index contributed by atoms with van der Waals surface area (Å²) in [7, 11) is 1.55. The second kappa shape index (κ2) is 5.90. The summed E-state index contributed by atoms with van der Waals surface area (Å²) >= 11 is 9.16. The van der Waals surface area contributed by atoms with Gasteiger partial charge >= 0.3 is 0 Å². The first-order valence-electron chi connectivity index (χ1n) is 5.49. The van der Waals surface area contributed by atoms with E-state index in [1.54, 1.807) is 25.3 Å². The van der Waals surface area contributed by atoms with Gasteiger partial charge in [0.05, 0.1) is 7.11 Å². The van der Waals surface area contributed by atoms with E-state index in [9.17, 15) is 9.50 Å². The molecule has 0 amide bonds. The second-order valence-corrected chi connectivity index (χ2v) is 5.25. The van der Waals surface area contributed by atoms with Gasteiger partial charge in [-0.3, -0.25) is 0 Å². The molecule has 0 aliphatic carbocycles. The number of rotatable bonds is 3. The Labute approximate surface area is 123 Å². The Morgan fingerprint density at radius 1 is 1.21 bits per heavy atom. The summed E-state index contributed by atoms with van der Waals surface area (Å²) in [5, 5.41) is 10.6. The van der Waals surface area contributed by atoms with Crippen LogP contribution >= 0.6 is 27.5 Å². The van der Waals surface area contributed by atoms with Gasteiger partial charge in [-0.15, -0.1) is 0 Å². The van der Waals surface area contributed by atoms with Crippen LogP contribution in [0.25, 0.3) is 0 Å². The minimum absolute atomic E-state index is 0.137. The summed E-state index contributed by atoms with van der Waals surface area (Å²) in [6.45, 7) is 0. The van der Waals surface area contributed by atoms with Gasteiger partial charge in [0.2, 0.25) is 0 Å². The first-order chi connectivity index (χ1) is 9.02. The maximum Gasteiger partial charge on any atom is 0.129 e. The van der Waals surface area contributed by atoms with Crippen molar-refractivity contribution in [3.63, 3.8) is 0 Å². The van der Waals surface area contributed by atoms with Gasteiger partial charge in [-0.05, 0) is 35.9 Å². The molecule has 0 aromatic heterocycles. The molecule has 2 aromatic carbocycles. The number of aliphatic hydroxyl groups is 1. The highest BCUT2D eigenvalue weighted by molar-refractivity contribution is 9.10. The molecule has 2 nitrogen and oxygen atoms in total. The third-order valence-electron chi connectivity index (χ3n) is 2.75. The van der Waals surface area contributed by atoms with Crippen molar-refractivity contribution in [3.8, 4) is 5.75 Å². The summed E-state index contributed by atoms with van der Waals surface area (Å²) in [5.74, 6) is 0.147. The van der Waals surface area contributed by atoms with E-state index in [4.69, 9.17) is 16.3 Å². The number of hydrogen-bond donors (Lipinski definition) is 1. The normalized spacial score (nSPS) is 12.3. The molecule has 0 aliphatic rings. The fraction of sp³-hybridized carbons (Fsp3) is 0.143. The van der Waals surface area contributed by atoms with Crippen molar-refractivity contribution in [1.29, 1.82) is 0 Å². The Morgan fingerprint density at radius 3 is 2.58 bits per heavy atom. The second-order valence-electron chi connectivity index (χ2n) is 3.96. The van der Waals surface area contributed by atoms with Crippen LogP contribution in [-0.2, 0) is 0 Å². The number of aliphatic hydroxyl groups excluding tert-OH is 1. The van der Waals surface area contributed by atoms with Gasteiger partial charge < -0.3 is 9.84 Å². The Balaban J connectivity index is 2.43. The van der Waals surface area contributed by atoms with Crippen molar-refractivity contribution in [2.75, 3.05) is 7.11 Å². The zero-order chi connectivity index (χ0) is 14.0. The Bertz CT molecular complexity index is 604. The Kier molecular flexibility index (Phi) is 4.45. The summed E-state index contributed by atoms with van der Waals surface area (Å²) in [6, 6.07) is 9.17. The first-order valence-corrected chi connectivity index (χ1v) is 6.66. The average molecular weight is 346 g/mol. The SMILES string of the molecule is COc1ccc(C(O)c2cc(Cl)ccc2F)c(Br)c1. The molecular weight excluding hydrogens is 335 g/mol. The maximum atomic E-state index is 13.7. The molecule has 0 heterocycles. The quantitative estimate of drug-likeness (QED) is 0.897. The minimum atomic E-state index is -1.10. The van der Waals surface area contributed by atoms with Crippen LogP contribution in [-0.4, -0.2) is 12.2 Å². The van der Waals surface area contributed by atoms with Gasteiger partial charge in [0.15, 0.2) is 0 Å². The largest absolute Gasteiger partial charge is 0.497 e. The molecule has 1 N–H and O–H groups in total. The molecule has 1 unspecified atom stereocenters. The van der Waals surface area contributed by atoms with Crippen molar-refractivity contribution in [1.82, 2.24) is 0 Å². The van der Waals surface area contributed by atoms with Gasteiger partial charge in [-0.25, -0.2) is 4.39 Å². The summed E-state index contributed by atoms with van der Waals surface area (Å²) in [6.07, 6.45) is -1.10. The van der Waals surface area contributed by atoms with Crippen LogP contribution in [0.2, 0.25) is 5.02 Å². The number of ether oxygens (including phenoxy) is 1. The molecule has 0 spiro atoms. The van der Waals surface area contributed by atoms with E-state index in [0.29, 0.717) is 20.8 Å². The molecule has 0 fully saturated rings. The van der Waals surface area contributed by atoms with Crippen LogP contribution in [0.4, 0.5) is 4.39 Å². The number of methoxy groups -OCH3 is 1. The molecule has 100 valence electrons. The Morgan fingerprint density at radius 2 is 1.95 bits per heavy atom. The third-order valence-corrected chi connectivity index (χ3v) is 3.68. The van der Waals surface area contributed by atoms with Crippen molar-refractivity contribution in [2.45, 2.75) is 6.10 Å². The molecule has 1 atom stereocenters. The highest BCUT2D eigenvalue weighted by Gasteiger charge is 2.18. The lowest BCUT2D eigenvalue weighted by molar-refractivity contribution is 0.214. The number of halogens is 3. The first kappa shape index (κ1) is 14.3. The van der Waals surface area contributed by atoms with E-state index in [1.807, 2.05) is 0 Å². The lowest BCUT2D eigenvalue weighted by Crippen LogP contribution is -2.03. The van der Waals surface area contributed by atoms with Crippen molar-refractivity contribution >= 4 is 27.5 Å². The molecule has 5 heteroatoms. The lowest BCUT2D eigenvalue weighted by atomic mass is 10.0. The number of hydrogen-bond acceptors (Lipinski definition) is 2. The summed E-state index contributed by atoms with van der Waals surface area (Å²) < 4.78 is 19.4. The molecule has 0 radical (unpaired) electrons. The van der Waals surface area contributed by atoms with Gasteiger partial charge in [0.1, 0.15) is 17.7 Å². The maximum absolute atomic E-state index is 13.7. The van der Waals surface area contributed by atoms with Crippen LogP contribution in [0.1, 0.15) is 17.2 Å². The monoisotopic (exact) mass is 344 g/mol. The molecular formula is C14H11BrClFO2. The molecule has 0 saturated heterocycles. The average Bonchev–Trinajstić information content (AvgIpc) is 2.40. The number of benzene rings is 2. The lowest BCUT2D eigenvalue weighted by Gasteiger charge is -2.15. The molecule has 19 heavy (non-hydrogen) atoms. The highest BCUT2D eigenvalue weighted by Crippen LogP contribution is 2.33. The standard InChI is InChI=1S/C14H11BrClFO2/c1-19-9-3-4-10(12(15)7-9)14(18)11-6-8(16)2-5-13(11)17/h2-7,14,18H,1H3. The highest BCUT2D eigenvalue weighted by atomic mass is 79.9. The smallest absolute Gasteiger partial charge is 0.129 e. The molecule has 0 aliphatic heterocycles. The zero-order valence-corrected chi connectivity index (χ0v) is 12.4. The van der Waals surface area contributed by atoms with E-state index >= 15 is 0 Å². The van der Waals surface area contributed by atoms with E-state index in [-0.39, 0.29) is 5.56 Å². The van der Waals surface area contributed by atoms with Crippen LogP contribution in [0, 0.1) is 5.82 Å². The molecule has 2 rings (SSSR count). The zero-order valence-electron chi connectivity index (χ0n) is 10.0. The molecule has 0 saturated carbocycles. The van der Waals surface area contributed by atoms with E-state index in [0.717, 1.165) is 0 Å². The van der Waals surface area contributed by atoms with Crippen LogP contribution in [0.15, 0.2) is 40.9 Å². The fourth-order valence-electron chi connectivity index (χ4n) is 1.75. The predicted octanol–water partition coefficient (Wildman–Crippen LogP) is 4.33. The van der Waals surface area contributed by atoms with Gasteiger partial charge in [-0.2, -0.15) is 0 Å². The van der Waals surface area contributed by atoms with Gasteiger partial charge in [0, 0.05) is 15.1 Å². The molecule has 2 aromatic rings. The van der Waals surface area contributed by atoms with Crippen LogP contribution in [0.5, 0.6) is 5.75 Å². The van der Waals surface area contributed by atoms with Crippen molar-refractivity contribution in [2.24, 2.45) is 0 Å².